The van der Waals surface area contributed by atoms with Gasteiger partial charge in [-0.15, -0.1) is 0 Å². The molecule has 0 aromatic heterocycles. The summed E-state index contributed by atoms with van der Waals surface area (Å²) in [5.74, 6) is 0.376. The summed E-state index contributed by atoms with van der Waals surface area (Å²) in [7, 11) is 0. The van der Waals surface area contributed by atoms with Crippen molar-refractivity contribution in [2.45, 2.75) is 31.5 Å². The molecular weight excluding hydrogens is 285 g/mol. The van der Waals surface area contributed by atoms with E-state index in [0.29, 0.717) is 19.0 Å². The minimum absolute atomic E-state index is 0.337. The van der Waals surface area contributed by atoms with Crippen molar-refractivity contribution in [3.05, 3.63) is 0 Å². The van der Waals surface area contributed by atoms with Gasteiger partial charge in [-0.1, -0.05) is 0 Å². The van der Waals surface area contributed by atoms with Gasteiger partial charge in [-0.3, -0.25) is 9.80 Å². The molecule has 7 heteroatoms. The van der Waals surface area contributed by atoms with Crippen molar-refractivity contribution in [2.75, 3.05) is 52.5 Å². The molecule has 1 N–H and O–H groups in total. The van der Waals surface area contributed by atoms with Crippen molar-refractivity contribution in [1.29, 1.82) is 0 Å². The molecule has 0 radical (unpaired) electrons. The molecule has 2 aliphatic heterocycles. The monoisotopic (exact) mass is 310 g/mol. The highest BCUT2D eigenvalue weighted by Crippen LogP contribution is 2.31. The van der Waals surface area contributed by atoms with Crippen LogP contribution in [0.3, 0.4) is 0 Å². The molecule has 2 saturated heterocycles. The summed E-state index contributed by atoms with van der Waals surface area (Å²) in [6, 6.07) is 0. The zero-order chi connectivity index (χ0) is 15.5. The summed E-state index contributed by atoms with van der Waals surface area (Å²) in [5.41, 5.74) is -2.63. The number of aliphatic hydroxyl groups is 1. The van der Waals surface area contributed by atoms with E-state index >= 15 is 0 Å². The number of piperidine rings is 1. The van der Waals surface area contributed by atoms with E-state index in [9.17, 15) is 18.3 Å². The lowest BCUT2D eigenvalue weighted by Gasteiger charge is -2.39. The van der Waals surface area contributed by atoms with Gasteiger partial charge in [-0.2, -0.15) is 13.2 Å². The third-order valence-corrected chi connectivity index (χ3v) is 4.37. The van der Waals surface area contributed by atoms with Gasteiger partial charge in [0.1, 0.15) is 0 Å². The molecule has 0 bridgehead atoms. The number of ether oxygens (including phenoxy) is 1. The average Bonchev–Trinajstić information content (AvgIpc) is 2.38. The number of halogens is 3. The van der Waals surface area contributed by atoms with E-state index in [0.717, 1.165) is 52.6 Å². The number of alkyl halides is 3. The molecule has 2 aliphatic rings. The van der Waals surface area contributed by atoms with E-state index in [1.54, 1.807) is 4.90 Å². The Morgan fingerprint density at radius 1 is 1.14 bits per heavy atom. The van der Waals surface area contributed by atoms with Crippen molar-refractivity contribution < 1.29 is 23.0 Å². The predicted molar refractivity (Wildman–Crippen MR) is 73.1 cm³/mol. The summed E-state index contributed by atoms with van der Waals surface area (Å²) in [6.45, 7) is 5.96. The quantitative estimate of drug-likeness (QED) is 0.850. The fraction of sp³-hybridized carbons (Fsp3) is 1.00. The van der Waals surface area contributed by atoms with Crippen LogP contribution in [0.2, 0.25) is 0 Å². The molecule has 0 saturated carbocycles. The zero-order valence-electron chi connectivity index (χ0n) is 12.5. The van der Waals surface area contributed by atoms with E-state index in [1.165, 1.54) is 0 Å². The minimum Gasteiger partial charge on any atom is -0.380 e. The molecule has 4 nitrogen and oxygen atoms in total. The van der Waals surface area contributed by atoms with Crippen molar-refractivity contribution in [2.24, 2.45) is 5.92 Å². The summed E-state index contributed by atoms with van der Waals surface area (Å²) in [6.07, 6.45) is -2.64. The van der Waals surface area contributed by atoms with Crippen LogP contribution in [0, 0.1) is 5.92 Å². The highest BCUT2D eigenvalue weighted by molar-refractivity contribution is 4.87. The molecule has 0 aromatic rings. The van der Waals surface area contributed by atoms with Crippen molar-refractivity contribution in [3.63, 3.8) is 0 Å². The lowest BCUT2D eigenvalue weighted by Crippen LogP contribution is -2.54. The summed E-state index contributed by atoms with van der Waals surface area (Å²) >= 11 is 0. The summed E-state index contributed by atoms with van der Waals surface area (Å²) < 4.78 is 43.6. The molecule has 2 fully saturated rings. The third-order valence-electron chi connectivity index (χ3n) is 4.37. The number of hydrogen-bond acceptors (Lipinski definition) is 4. The number of likely N-dealkylation sites (tertiary alicyclic amines) is 1. The number of nitrogens with zero attached hydrogens (tertiary/aromatic N) is 2. The van der Waals surface area contributed by atoms with Crippen LogP contribution in [0.4, 0.5) is 13.2 Å². The SMILES string of the molecule is C[C@](O)(CN1CCC[C@H](CN2CCOCC2)C1)C(F)(F)F. The van der Waals surface area contributed by atoms with Crippen LogP contribution in [0.5, 0.6) is 0 Å². The van der Waals surface area contributed by atoms with E-state index in [-0.39, 0.29) is 6.54 Å². The molecule has 21 heavy (non-hydrogen) atoms. The highest BCUT2D eigenvalue weighted by Gasteiger charge is 2.50. The highest BCUT2D eigenvalue weighted by atomic mass is 19.4. The minimum atomic E-state index is -4.58. The molecule has 0 aromatic carbocycles. The van der Waals surface area contributed by atoms with Crippen LogP contribution < -0.4 is 0 Å². The first kappa shape index (κ1) is 17.0. The second kappa shape index (κ2) is 6.81. The van der Waals surface area contributed by atoms with Crippen molar-refractivity contribution in [1.82, 2.24) is 9.80 Å². The van der Waals surface area contributed by atoms with E-state index in [4.69, 9.17) is 4.74 Å². The topological polar surface area (TPSA) is 35.9 Å². The van der Waals surface area contributed by atoms with E-state index in [1.807, 2.05) is 0 Å². The van der Waals surface area contributed by atoms with Gasteiger partial charge in [0.2, 0.25) is 0 Å². The van der Waals surface area contributed by atoms with Gasteiger partial charge in [0.15, 0.2) is 5.60 Å². The van der Waals surface area contributed by atoms with Gasteiger partial charge < -0.3 is 9.84 Å². The first-order valence-corrected chi connectivity index (χ1v) is 7.59. The Kier molecular flexibility index (Phi) is 5.51. The Morgan fingerprint density at radius 2 is 1.81 bits per heavy atom. The maximum atomic E-state index is 12.8. The third kappa shape index (κ3) is 4.81. The Hall–Kier alpha value is -0.370. The van der Waals surface area contributed by atoms with Gasteiger partial charge in [0.25, 0.3) is 0 Å². The smallest absolute Gasteiger partial charge is 0.380 e. The van der Waals surface area contributed by atoms with Gasteiger partial charge in [-0.25, -0.2) is 0 Å². The molecular formula is C14H25F3N2O2. The standard InChI is InChI=1S/C14H25F3N2O2/c1-13(20,14(15,16)17)11-19-4-2-3-12(10-19)9-18-5-7-21-8-6-18/h12,20H,2-11H2,1H3/t12-,13+/m1/s1. The molecule has 2 atom stereocenters. The van der Waals surface area contributed by atoms with Crippen LogP contribution in [-0.4, -0.2) is 79.2 Å². The van der Waals surface area contributed by atoms with Gasteiger partial charge in [0.05, 0.1) is 13.2 Å². The fourth-order valence-electron chi connectivity index (χ4n) is 3.12. The normalized spacial score (nSPS) is 29.3. The lowest BCUT2D eigenvalue weighted by molar-refractivity contribution is -0.258. The summed E-state index contributed by atoms with van der Waals surface area (Å²) in [5, 5.41) is 9.62. The maximum Gasteiger partial charge on any atom is 0.418 e. The first-order valence-electron chi connectivity index (χ1n) is 7.59. The van der Waals surface area contributed by atoms with Crippen molar-refractivity contribution in [3.8, 4) is 0 Å². The molecule has 0 unspecified atom stereocenters. The second-order valence-corrected chi connectivity index (χ2v) is 6.43. The number of hydrogen-bond donors (Lipinski definition) is 1. The lowest BCUT2D eigenvalue weighted by atomic mass is 9.95. The second-order valence-electron chi connectivity index (χ2n) is 6.43. The van der Waals surface area contributed by atoms with Crippen LogP contribution in [0.25, 0.3) is 0 Å². The van der Waals surface area contributed by atoms with E-state index in [2.05, 4.69) is 4.90 Å². The number of rotatable bonds is 4. The van der Waals surface area contributed by atoms with Gasteiger partial charge in [0, 0.05) is 32.7 Å². The Bertz CT molecular complexity index is 331. The van der Waals surface area contributed by atoms with Gasteiger partial charge in [-0.05, 0) is 32.2 Å². The zero-order valence-corrected chi connectivity index (χ0v) is 12.5. The largest absolute Gasteiger partial charge is 0.418 e. The van der Waals surface area contributed by atoms with Crippen LogP contribution in [0.1, 0.15) is 19.8 Å². The maximum absolute atomic E-state index is 12.8. The Morgan fingerprint density at radius 3 is 2.43 bits per heavy atom. The molecule has 0 amide bonds. The van der Waals surface area contributed by atoms with Crippen LogP contribution in [-0.2, 0) is 4.74 Å². The molecule has 0 spiro atoms. The Labute approximate surface area is 123 Å². The van der Waals surface area contributed by atoms with Crippen LogP contribution in [0.15, 0.2) is 0 Å². The van der Waals surface area contributed by atoms with E-state index < -0.39 is 11.8 Å². The van der Waals surface area contributed by atoms with Gasteiger partial charge >= 0.3 is 6.18 Å². The first-order chi connectivity index (χ1) is 9.78. The number of β-amino-alcohol motifs (C(OH)–C–C–N with tert-alkyl or cyclic N) is 1. The number of morpholine rings is 1. The molecule has 2 rings (SSSR count). The average molecular weight is 310 g/mol. The summed E-state index contributed by atoms with van der Waals surface area (Å²) in [4.78, 5) is 4.07. The molecule has 0 aliphatic carbocycles. The Balaban J connectivity index is 1.83. The van der Waals surface area contributed by atoms with Crippen LogP contribution >= 0.6 is 0 Å². The molecule has 2 heterocycles. The predicted octanol–water partition coefficient (Wildman–Crippen LogP) is 1.34. The fourth-order valence-corrected chi connectivity index (χ4v) is 3.12. The van der Waals surface area contributed by atoms with Crippen molar-refractivity contribution >= 4 is 0 Å². The molecule has 124 valence electrons.